The summed E-state index contributed by atoms with van der Waals surface area (Å²) in [7, 11) is 0. The van der Waals surface area contributed by atoms with Gasteiger partial charge in [0.05, 0.1) is 11.2 Å². The highest BCUT2D eigenvalue weighted by atomic mass is 14.9. The third-order valence-corrected chi connectivity index (χ3v) is 11.9. The Morgan fingerprint density at radius 2 is 0.677 bits per heavy atom. The number of benzene rings is 10. The molecule has 0 radical (unpaired) electrons. The summed E-state index contributed by atoms with van der Waals surface area (Å²) in [6.45, 7) is 0. The molecule has 0 aliphatic rings. The zero-order chi connectivity index (χ0) is 41.2. The van der Waals surface area contributed by atoms with Crippen molar-refractivity contribution in [3.8, 4) is 89.4 Å². The van der Waals surface area contributed by atoms with Gasteiger partial charge in [-0.25, -0.2) is 9.97 Å². The smallest absolute Gasteiger partial charge is 0.160 e. The molecule has 2 heteroatoms. The van der Waals surface area contributed by atoms with Crippen LogP contribution in [-0.2, 0) is 0 Å². The van der Waals surface area contributed by atoms with Gasteiger partial charge in [0.25, 0.3) is 0 Å². The third kappa shape index (κ3) is 6.84. The van der Waals surface area contributed by atoms with Crippen LogP contribution >= 0.6 is 0 Å². The van der Waals surface area contributed by atoms with Gasteiger partial charge in [-0.3, -0.25) is 0 Å². The van der Waals surface area contributed by atoms with E-state index in [1.165, 1.54) is 50.1 Å². The van der Waals surface area contributed by atoms with Crippen molar-refractivity contribution in [2.24, 2.45) is 0 Å². The summed E-state index contributed by atoms with van der Waals surface area (Å²) in [6.07, 6.45) is 0. The first-order valence-electron chi connectivity index (χ1n) is 21.2. The summed E-state index contributed by atoms with van der Waals surface area (Å²) < 4.78 is 0. The van der Waals surface area contributed by atoms with Crippen molar-refractivity contribution >= 4 is 21.7 Å². The molecule has 0 amide bonds. The first-order chi connectivity index (χ1) is 30.8. The van der Waals surface area contributed by atoms with E-state index >= 15 is 0 Å². The Morgan fingerprint density at radius 3 is 1.27 bits per heavy atom. The quantitative estimate of drug-likeness (QED) is 0.143. The average Bonchev–Trinajstić information content (AvgIpc) is 3.36. The number of hydrogen-bond donors (Lipinski definition) is 0. The molecule has 290 valence electrons. The SMILES string of the molecule is c1ccc(-c2cc(-c3cccc(-c4cccc(-c5nc(-c6ccccc6)c6ccc7ccccc7c6n5)c4)c3)c(-c3ccccc3)c(-c3ccccc3)c2-c2ccccc2)cc1. The van der Waals surface area contributed by atoms with E-state index < -0.39 is 0 Å². The van der Waals surface area contributed by atoms with Gasteiger partial charge in [0, 0.05) is 21.9 Å². The van der Waals surface area contributed by atoms with Crippen molar-refractivity contribution < 1.29 is 0 Å². The molecule has 0 aliphatic heterocycles. The van der Waals surface area contributed by atoms with Gasteiger partial charge < -0.3 is 0 Å². The topological polar surface area (TPSA) is 25.8 Å². The van der Waals surface area contributed by atoms with Crippen LogP contribution < -0.4 is 0 Å². The maximum atomic E-state index is 5.30. The molecule has 62 heavy (non-hydrogen) atoms. The van der Waals surface area contributed by atoms with Gasteiger partial charge in [-0.15, -0.1) is 0 Å². The van der Waals surface area contributed by atoms with Gasteiger partial charge in [-0.2, -0.15) is 0 Å². The minimum Gasteiger partial charge on any atom is -0.227 e. The van der Waals surface area contributed by atoms with E-state index in [9.17, 15) is 0 Å². The number of fused-ring (bicyclic) bond motifs is 3. The molecular formula is C60H40N2. The molecule has 0 N–H and O–H groups in total. The van der Waals surface area contributed by atoms with Crippen molar-refractivity contribution in [1.29, 1.82) is 0 Å². The Morgan fingerprint density at radius 1 is 0.242 bits per heavy atom. The highest BCUT2D eigenvalue weighted by molar-refractivity contribution is 6.10. The molecule has 0 aliphatic carbocycles. The highest BCUT2D eigenvalue weighted by Gasteiger charge is 2.24. The minimum absolute atomic E-state index is 0.702. The van der Waals surface area contributed by atoms with E-state index in [1.54, 1.807) is 0 Å². The van der Waals surface area contributed by atoms with Crippen molar-refractivity contribution in [2.45, 2.75) is 0 Å². The maximum Gasteiger partial charge on any atom is 0.160 e. The summed E-state index contributed by atoms with van der Waals surface area (Å²) in [5.41, 5.74) is 17.9. The van der Waals surface area contributed by atoms with Crippen molar-refractivity contribution in [1.82, 2.24) is 9.97 Å². The molecule has 10 aromatic carbocycles. The van der Waals surface area contributed by atoms with Crippen molar-refractivity contribution in [2.75, 3.05) is 0 Å². The molecule has 11 aromatic rings. The summed E-state index contributed by atoms with van der Waals surface area (Å²) in [6, 6.07) is 86.8. The summed E-state index contributed by atoms with van der Waals surface area (Å²) in [5, 5.41) is 3.32. The van der Waals surface area contributed by atoms with Crippen LogP contribution in [0.15, 0.2) is 243 Å². The van der Waals surface area contributed by atoms with Crippen molar-refractivity contribution in [3.05, 3.63) is 243 Å². The van der Waals surface area contributed by atoms with E-state index in [-0.39, 0.29) is 0 Å². The van der Waals surface area contributed by atoms with Gasteiger partial charge in [-0.05, 0) is 96.4 Å². The van der Waals surface area contributed by atoms with E-state index in [0.29, 0.717) is 5.82 Å². The number of rotatable bonds is 8. The molecule has 0 saturated carbocycles. The predicted molar refractivity (Wildman–Crippen MR) is 261 cm³/mol. The van der Waals surface area contributed by atoms with Gasteiger partial charge in [-0.1, -0.05) is 218 Å². The molecular weight excluding hydrogens is 749 g/mol. The van der Waals surface area contributed by atoms with E-state index in [0.717, 1.165) is 55.2 Å². The lowest BCUT2D eigenvalue weighted by molar-refractivity contribution is 1.23. The first-order valence-corrected chi connectivity index (χ1v) is 21.2. The number of aromatic nitrogens is 2. The lowest BCUT2D eigenvalue weighted by atomic mass is 9.78. The molecule has 0 fully saturated rings. The van der Waals surface area contributed by atoms with E-state index in [1.807, 2.05) is 6.07 Å². The van der Waals surface area contributed by atoms with Gasteiger partial charge in [0.2, 0.25) is 0 Å². The fourth-order valence-corrected chi connectivity index (χ4v) is 8.97. The second-order valence-electron chi connectivity index (χ2n) is 15.7. The maximum absolute atomic E-state index is 5.30. The Bertz CT molecular complexity index is 3360. The molecule has 0 atom stereocenters. The molecule has 2 nitrogen and oxygen atoms in total. The van der Waals surface area contributed by atoms with Crippen molar-refractivity contribution in [3.63, 3.8) is 0 Å². The lowest BCUT2D eigenvalue weighted by Gasteiger charge is -2.24. The van der Waals surface area contributed by atoms with Gasteiger partial charge in [0.1, 0.15) is 0 Å². The van der Waals surface area contributed by atoms with E-state index in [4.69, 9.17) is 9.97 Å². The minimum atomic E-state index is 0.702. The lowest BCUT2D eigenvalue weighted by Crippen LogP contribution is -1.98. The molecule has 0 bridgehead atoms. The second kappa shape index (κ2) is 16.1. The molecule has 11 rings (SSSR count). The Kier molecular flexibility index (Phi) is 9.57. The normalized spacial score (nSPS) is 11.2. The zero-order valence-electron chi connectivity index (χ0n) is 34.0. The van der Waals surface area contributed by atoms with Crippen LogP contribution in [0.3, 0.4) is 0 Å². The van der Waals surface area contributed by atoms with Gasteiger partial charge >= 0.3 is 0 Å². The highest BCUT2D eigenvalue weighted by Crippen LogP contribution is 2.50. The molecule has 0 saturated heterocycles. The van der Waals surface area contributed by atoms with Crippen LogP contribution in [0.2, 0.25) is 0 Å². The van der Waals surface area contributed by atoms with Crippen LogP contribution in [0.1, 0.15) is 0 Å². The van der Waals surface area contributed by atoms with Gasteiger partial charge in [0.15, 0.2) is 5.82 Å². The van der Waals surface area contributed by atoms with Crippen LogP contribution in [0.25, 0.3) is 111 Å². The van der Waals surface area contributed by atoms with Crippen LogP contribution in [0, 0.1) is 0 Å². The number of hydrogen-bond acceptors (Lipinski definition) is 2. The van der Waals surface area contributed by atoms with Crippen LogP contribution in [0.5, 0.6) is 0 Å². The van der Waals surface area contributed by atoms with Crippen LogP contribution in [-0.4, -0.2) is 9.97 Å². The Labute approximate surface area is 362 Å². The Balaban J connectivity index is 1.13. The predicted octanol–water partition coefficient (Wildman–Crippen LogP) is 16.1. The fraction of sp³-hybridized carbons (Fsp3) is 0. The van der Waals surface area contributed by atoms with E-state index in [2.05, 4.69) is 237 Å². The molecule has 0 spiro atoms. The van der Waals surface area contributed by atoms with Crippen LogP contribution in [0.4, 0.5) is 0 Å². The fourth-order valence-electron chi connectivity index (χ4n) is 8.97. The third-order valence-electron chi connectivity index (χ3n) is 11.9. The summed E-state index contributed by atoms with van der Waals surface area (Å²) >= 11 is 0. The monoisotopic (exact) mass is 788 g/mol. The second-order valence-corrected chi connectivity index (χ2v) is 15.7. The molecule has 0 unspecified atom stereocenters. The zero-order valence-corrected chi connectivity index (χ0v) is 34.0. The average molecular weight is 789 g/mol. The summed E-state index contributed by atoms with van der Waals surface area (Å²) in [5.74, 6) is 0.702. The Hall–Kier alpha value is -8.20. The standard InChI is InChI=1S/C60H40N2/c1-6-20-41(21-7-1)53-40-54(56(44-25-10-3-11-26-44)57(45-27-12-4-13-28-45)55(53)43-23-8-2-9-24-43)49-33-18-31-47(38-49)48-32-19-34-50(39-48)60-61-58(46-29-14-5-15-30-46)52-37-36-42-22-16-17-35-51(42)59(52)62-60/h1-40H. The summed E-state index contributed by atoms with van der Waals surface area (Å²) in [4.78, 5) is 10.6. The molecule has 1 aromatic heterocycles. The first kappa shape index (κ1) is 36.8. The molecule has 1 heterocycles. The number of nitrogens with zero attached hydrogens (tertiary/aromatic N) is 2. The largest absolute Gasteiger partial charge is 0.227 e.